The van der Waals surface area contributed by atoms with Gasteiger partial charge in [-0.25, -0.2) is 9.97 Å². The first-order valence-corrected chi connectivity index (χ1v) is 11.5. The van der Waals surface area contributed by atoms with E-state index in [1.54, 1.807) is 36.8 Å². The molecule has 3 aromatic heterocycles. The van der Waals surface area contributed by atoms with Gasteiger partial charge in [0.25, 0.3) is 5.56 Å². The maximum atomic E-state index is 12.5. The van der Waals surface area contributed by atoms with Gasteiger partial charge < -0.3 is 19.8 Å². The number of aromatic amines is 1. The minimum Gasteiger partial charge on any atom is -0.494 e. The molecule has 0 spiro atoms. The predicted molar refractivity (Wildman–Crippen MR) is 128 cm³/mol. The maximum absolute atomic E-state index is 12.5. The molecule has 0 radical (unpaired) electrons. The summed E-state index contributed by atoms with van der Waals surface area (Å²) in [4.78, 5) is 25.1. The fourth-order valence-electron chi connectivity index (χ4n) is 4.00. The molecule has 0 aliphatic carbocycles. The Bertz CT molecular complexity index is 1330. The molecule has 1 aliphatic heterocycles. The number of pyridine rings is 2. The molecule has 0 saturated carbocycles. The van der Waals surface area contributed by atoms with Crippen molar-refractivity contribution in [2.45, 2.75) is 18.8 Å². The predicted octanol–water partition coefficient (Wildman–Crippen LogP) is 5.35. The van der Waals surface area contributed by atoms with Crippen molar-refractivity contribution in [2.24, 2.45) is 0 Å². The van der Waals surface area contributed by atoms with Crippen molar-refractivity contribution >= 4 is 45.2 Å². The van der Waals surface area contributed by atoms with Crippen LogP contribution < -0.4 is 15.6 Å². The highest BCUT2D eigenvalue weighted by Crippen LogP contribution is 2.42. The molecule has 0 amide bonds. The second-order valence-corrected chi connectivity index (χ2v) is 8.97. The molecule has 0 bridgehead atoms. The third kappa shape index (κ3) is 3.97. The van der Waals surface area contributed by atoms with Crippen LogP contribution in [0.15, 0.2) is 47.5 Å². The van der Waals surface area contributed by atoms with Crippen molar-refractivity contribution in [1.82, 2.24) is 15.0 Å². The molecule has 0 atom stereocenters. The number of nitrogens with one attached hydrogen (secondary N) is 2. The first kappa shape index (κ1) is 20.9. The third-order valence-electron chi connectivity index (χ3n) is 5.55. The van der Waals surface area contributed by atoms with Crippen LogP contribution in [-0.2, 0) is 4.74 Å². The van der Waals surface area contributed by atoms with Crippen molar-refractivity contribution in [3.05, 3.63) is 63.2 Å². The van der Waals surface area contributed by atoms with Crippen LogP contribution in [0, 0.1) is 0 Å². The summed E-state index contributed by atoms with van der Waals surface area (Å²) in [5, 5.41) is 5.18. The summed E-state index contributed by atoms with van der Waals surface area (Å²) in [5.41, 5.74) is 2.49. The summed E-state index contributed by atoms with van der Waals surface area (Å²) in [6, 6.07) is 9.22. The topological polar surface area (TPSA) is 89.1 Å². The molecule has 1 aliphatic rings. The molecule has 5 rings (SSSR count). The number of methoxy groups -OCH3 is 1. The van der Waals surface area contributed by atoms with Crippen LogP contribution in [0.4, 0.5) is 11.4 Å². The summed E-state index contributed by atoms with van der Waals surface area (Å²) in [6.45, 7) is 1.56. The van der Waals surface area contributed by atoms with Crippen LogP contribution in [0.2, 0.25) is 5.15 Å². The number of rotatable bonds is 5. The number of aromatic nitrogens is 3. The van der Waals surface area contributed by atoms with Crippen LogP contribution in [0.3, 0.4) is 0 Å². The van der Waals surface area contributed by atoms with E-state index in [-0.39, 0.29) is 5.56 Å². The average molecular weight is 469 g/mol. The average Bonchev–Trinajstić information content (AvgIpc) is 3.29. The molecule has 4 heterocycles. The molecule has 32 heavy (non-hydrogen) atoms. The number of benzene rings is 1. The van der Waals surface area contributed by atoms with E-state index in [1.165, 1.54) is 0 Å². The van der Waals surface area contributed by atoms with Crippen molar-refractivity contribution in [3.8, 4) is 16.2 Å². The van der Waals surface area contributed by atoms with Gasteiger partial charge in [0.15, 0.2) is 5.75 Å². The molecule has 164 valence electrons. The van der Waals surface area contributed by atoms with Gasteiger partial charge in [0, 0.05) is 37.1 Å². The molecule has 9 heteroatoms. The number of fused-ring (bicyclic) bond motifs is 1. The van der Waals surface area contributed by atoms with E-state index in [9.17, 15) is 4.79 Å². The van der Waals surface area contributed by atoms with E-state index in [4.69, 9.17) is 21.1 Å². The number of halogens is 1. The lowest BCUT2D eigenvalue weighted by Gasteiger charge is -2.19. The number of hydrogen-bond acceptors (Lipinski definition) is 7. The van der Waals surface area contributed by atoms with Crippen LogP contribution in [0.1, 0.15) is 23.8 Å². The smallest absolute Gasteiger partial charge is 0.259 e. The fourth-order valence-corrected chi connectivity index (χ4v) is 5.31. The zero-order valence-corrected chi connectivity index (χ0v) is 18.9. The summed E-state index contributed by atoms with van der Waals surface area (Å²) in [6.07, 6.45) is 5.45. The summed E-state index contributed by atoms with van der Waals surface area (Å²) in [7, 11) is 1.63. The lowest BCUT2D eigenvalue weighted by Crippen LogP contribution is -2.13. The molecular formula is C23H21ClN4O3S. The molecule has 7 nitrogen and oxygen atoms in total. The number of anilines is 2. The number of H-pyrrole nitrogens is 1. The molecule has 1 aromatic carbocycles. The van der Waals surface area contributed by atoms with Gasteiger partial charge in [-0.3, -0.25) is 4.79 Å². The van der Waals surface area contributed by atoms with Gasteiger partial charge in [-0.1, -0.05) is 17.7 Å². The Morgan fingerprint density at radius 3 is 2.91 bits per heavy atom. The zero-order valence-electron chi connectivity index (χ0n) is 17.4. The second-order valence-electron chi connectivity index (χ2n) is 7.52. The zero-order chi connectivity index (χ0) is 22.1. The number of nitrogens with zero attached hydrogens (tertiary/aromatic N) is 2. The van der Waals surface area contributed by atoms with Crippen LogP contribution in [0.25, 0.3) is 21.3 Å². The van der Waals surface area contributed by atoms with E-state index in [2.05, 4.69) is 20.3 Å². The fraction of sp³-hybridized carbons (Fsp3) is 0.261. The van der Waals surface area contributed by atoms with E-state index in [1.807, 2.05) is 24.4 Å². The van der Waals surface area contributed by atoms with Crippen LogP contribution in [-0.4, -0.2) is 35.3 Å². The lowest BCUT2D eigenvalue weighted by molar-refractivity contribution is 0.0853. The molecule has 0 unspecified atom stereocenters. The minimum absolute atomic E-state index is 0.243. The number of hydrogen-bond donors (Lipinski definition) is 2. The number of para-hydroxylation sites is 1. The Kier molecular flexibility index (Phi) is 5.82. The Morgan fingerprint density at radius 1 is 1.25 bits per heavy atom. The van der Waals surface area contributed by atoms with Crippen LogP contribution >= 0.6 is 22.9 Å². The molecule has 1 fully saturated rings. The molecule has 2 N–H and O–H groups in total. The molecule has 4 aromatic rings. The van der Waals surface area contributed by atoms with E-state index in [0.29, 0.717) is 33.4 Å². The number of ether oxygens (including phenoxy) is 2. The third-order valence-corrected chi connectivity index (χ3v) is 6.93. The van der Waals surface area contributed by atoms with E-state index >= 15 is 0 Å². The highest BCUT2D eigenvalue weighted by Gasteiger charge is 2.21. The summed E-state index contributed by atoms with van der Waals surface area (Å²) >= 11 is 7.89. The maximum Gasteiger partial charge on any atom is 0.259 e. The first-order valence-electron chi connectivity index (χ1n) is 10.3. The molecular weight excluding hydrogens is 448 g/mol. The standard InChI is InChI=1S/C23H21ClN4O3S/c1-30-21-14(18-12-26-23(32-18)13-6-9-31-10-7-13)3-2-4-16(21)27-17-11-19(24)28-15-5-8-25-22(29)20(15)17/h2-5,8,11-13H,6-7,9-10H2,1H3,(H,25,29)(H,27,28). The van der Waals surface area contributed by atoms with E-state index in [0.717, 1.165) is 47.2 Å². The van der Waals surface area contributed by atoms with Crippen molar-refractivity contribution in [2.75, 3.05) is 25.6 Å². The van der Waals surface area contributed by atoms with Gasteiger partial charge in [0.1, 0.15) is 5.15 Å². The highest BCUT2D eigenvalue weighted by atomic mass is 35.5. The Morgan fingerprint density at radius 2 is 2.09 bits per heavy atom. The summed E-state index contributed by atoms with van der Waals surface area (Å²) in [5.74, 6) is 1.11. The highest BCUT2D eigenvalue weighted by molar-refractivity contribution is 7.15. The second kappa shape index (κ2) is 8.90. The molecule has 1 saturated heterocycles. The largest absolute Gasteiger partial charge is 0.494 e. The van der Waals surface area contributed by atoms with Gasteiger partial charge >= 0.3 is 0 Å². The van der Waals surface area contributed by atoms with Crippen LogP contribution in [0.5, 0.6) is 5.75 Å². The normalized spacial score (nSPS) is 14.6. The van der Waals surface area contributed by atoms with Crippen molar-refractivity contribution in [1.29, 1.82) is 0 Å². The van der Waals surface area contributed by atoms with Gasteiger partial charge in [0.05, 0.1) is 39.3 Å². The minimum atomic E-state index is -0.243. The van der Waals surface area contributed by atoms with Gasteiger partial charge in [-0.2, -0.15) is 0 Å². The monoisotopic (exact) mass is 468 g/mol. The Labute approximate surface area is 193 Å². The van der Waals surface area contributed by atoms with Crippen molar-refractivity contribution < 1.29 is 9.47 Å². The summed E-state index contributed by atoms with van der Waals surface area (Å²) < 4.78 is 11.3. The SMILES string of the molecule is COc1c(Nc2cc(Cl)nc3cc[nH]c(=O)c23)cccc1-c1cnc(C2CCOCC2)s1. The van der Waals surface area contributed by atoms with Gasteiger partial charge in [-0.15, -0.1) is 11.3 Å². The van der Waals surface area contributed by atoms with Gasteiger partial charge in [-0.05, 0) is 37.1 Å². The lowest BCUT2D eigenvalue weighted by atomic mass is 10.0. The Hall–Kier alpha value is -2.94. The first-order chi connectivity index (χ1) is 15.6. The Balaban J connectivity index is 1.54. The van der Waals surface area contributed by atoms with Crippen molar-refractivity contribution in [3.63, 3.8) is 0 Å². The number of thiazole rings is 1. The quantitative estimate of drug-likeness (QED) is 0.384. The van der Waals surface area contributed by atoms with Gasteiger partial charge in [0.2, 0.25) is 0 Å². The van der Waals surface area contributed by atoms with E-state index < -0.39 is 0 Å².